The Morgan fingerprint density at radius 3 is 2.50 bits per heavy atom. The second-order valence-electron chi connectivity index (χ2n) is 5.39. The van der Waals surface area contributed by atoms with Crippen molar-refractivity contribution in [3.05, 3.63) is 72.8 Å². The smallest absolute Gasteiger partial charge is 0.319 e. The normalized spacial score (nSPS) is 10.6. The Balaban J connectivity index is 2.10. The molecule has 0 heterocycles. The molecule has 0 fully saturated rings. The summed E-state index contributed by atoms with van der Waals surface area (Å²) in [5, 5.41) is 21.6. The predicted octanol–water partition coefficient (Wildman–Crippen LogP) is 2.88. The molecule has 0 unspecified atom stereocenters. The first-order valence-corrected chi connectivity index (χ1v) is 8.76. The Morgan fingerprint density at radius 2 is 1.96 bits per heavy atom. The van der Waals surface area contributed by atoms with Crippen molar-refractivity contribution in [2.75, 3.05) is 0 Å². The summed E-state index contributed by atoms with van der Waals surface area (Å²) in [4.78, 5) is 32.6. The summed E-state index contributed by atoms with van der Waals surface area (Å²) in [6.07, 6.45) is 1.32. The van der Waals surface area contributed by atoms with Crippen LogP contribution in [-0.2, 0) is 11.4 Å². The highest BCUT2D eigenvalue weighted by Crippen LogP contribution is 2.24. The van der Waals surface area contributed by atoms with E-state index >= 15 is 0 Å². The van der Waals surface area contributed by atoms with Crippen molar-refractivity contribution in [1.82, 2.24) is 5.32 Å². The van der Waals surface area contributed by atoms with Crippen molar-refractivity contribution in [3.8, 4) is 11.8 Å². The van der Waals surface area contributed by atoms with Crippen LogP contribution in [0, 0.1) is 25.0 Å². The van der Waals surface area contributed by atoms with Crippen LogP contribution < -0.4 is 15.8 Å². The second kappa shape index (κ2) is 9.47. The lowest BCUT2D eigenvalue weighted by atomic mass is 10.1. The van der Waals surface area contributed by atoms with Gasteiger partial charge in [0.2, 0.25) is 0 Å². The van der Waals surface area contributed by atoms with E-state index in [0.29, 0.717) is 11.3 Å². The quantitative estimate of drug-likeness (QED) is 0.208. The molecule has 0 atom stereocenters. The summed E-state index contributed by atoms with van der Waals surface area (Å²) in [7, 11) is 0. The van der Waals surface area contributed by atoms with Crippen molar-refractivity contribution < 1.29 is 19.2 Å². The molecule has 142 valence electrons. The monoisotopic (exact) mass is 492 g/mol. The number of nitrogens with zero attached hydrogens (tertiary/aromatic N) is 2. The minimum absolute atomic E-state index is 0.00291. The van der Waals surface area contributed by atoms with Crippen LogP contribution in [0.2, 0.25) is 0 Å². The number of nitriles is 1. The number of hydrogen-bond acceptors (Lipinski definition) is 6. The van der Waals surface area contributed by atoms with Crippen LogP contribution in [0.3, 0.4) is 0 Å². The average molecular weight is 492 g/mol. The molecule has 0 aliphatic carbocycles. The zero-order valence-electron chi connectivity index (χ0n) is 14.2. The van der Waals surface area contributed by atoms with Crippen molar-refractivity contribution in [2.45, 2.75) is 6.61 Å². The maximum Gasteiger partial charge on any atom is 0.319 e. The predicted molar refractivity (Wildman–Crippen MR) is 108 cm³/mol. The van der Waals surface area contributed by atoms with Crippen LogP contribution in [0.1, 0.15) is 11.1 Å². The molecular weight excluding hydrogens is 479 g/mol. The number of nitro benzene ring substituents is 1. The number of hydrogen-bond donors (Lipinski definition) is 2. The molecule has 0 bridgehead atoms. The van der Waals surface area contributed by atoms with Gasteiger partial charge in [0, 0.05) is 12.1 Å². The van der Waals surface area contributed by atoms with Crippen LogP contribution in [0.25, 0.3) is 6.08 Å². The molecule has 0 radical (unpaired) electrons. The molecule has 2 aromatic rings. The van der Waals surface area contributed by atoms with Crippen LogP contribution in [0.15, 0.2) is 48.0 Å². The molecule has 28 heavy (non-hydrogen) atoms. The maximum absolute atomic E-state index is 11.7. The van der Waals surface area contributed by atoms with E-state index in [4.69, 9.17) is 15.7 Å². The highest BCUT2D eigenvalue weighted by Gasteiger charge is 2.12. The molecule has 2 rings (SSSR count). The molecule has 10 heteroatoms. The summed E-state index contributed by atoms with van der Waals surface area (Å²) in [6, 6.07) is 11.7. The molecule has 0 aliphatic rings. The topological polar surface area (TPSA) is 148 Å². The maximum atomic E-state index is 11.7. The number of carbonyl (C=O) groups excluding carboxylic acids is 2. The van der Waals surface area contributed by atoms with Crippen molar-refractivity contribution in [1.29, 1.82) is 5.26 Å². The largest absolute Gasteiger partial charge is 0.488 e. The molecule has 2 aromatic carbocycles. The van der Waals surface area contributed by atoms with Gasteiger partial charge in [0.1, 0.15) is 24.0 Å². The summed E-state index contributed by atoms with van der Waals surface area (Å²) in [5.41, 5.74) is 5.93. The number of nitro groups is 1. The van der Waals surface area contributed by atoms with Gasteiger partial charge in [-0.05, 0) is 64.1 Å². The van der Waals surface area contributed by atoms with Crippen LogP contribution in [-0.4, -0.2) is 16.9 Å². The lowest BCUT2D eigenvalue weighted by Crippen LogP contribution is -2.35. The third kappa shape index (κ3) is 5.78. The van der Waals surface area contributed by atoms with Crippen molar-refractivity contribution in [3.63, 3.8) is 0 Å². The van der Waals surface area contributed by atoms with Crippen LogP contribution in [0.4, 0.5) is 10.5 Å². The Bertz CT molecular complexity index is 996. The van der Waals surface area contributed by atoms with E-state index in [1.807, 2.05) is 27.9 Å². The number of ether oxygens (including phenoxy) is 1. The summed E-state index contributed by atoms with van der Waals surface area (Å²) < 4.78 is 6.43. The first kappa shape index (κ1) is 20.8. The molecular formula is C18H13IN4O5. The Kier molecular flexibility index (Phi) is 7.05. The van der Waals surface area contributed by atoms with Gasteiger partial charge in [-0.25, -0.2) is 4.79 Å². The van der Waals surface area contributed by atoms with Gasteiger partial charge in [0.05, 0.1) is 8.49 Å². The average Bonchev–Trinajstić information content (AvgIpc) is 2.65. The number of nitrogens with one attached hydrogen (secondary N) is 1. The molecule has 0 saturated carbocycles. The van der Waals surface area contributed by atoms with Crippen molar-refractivity contribution in [2.24, 2.45) is 5.73 Å². The first-order valence-electron chi connectivity index (χ1n) is 7.68. The highest BCUT2D eigenvalue weighted by molar-refractivity contribution is 14.1. The fourth-order valence-corrected chi connectivity index (χ4v) is 2.79. The number of amides is 3. The zero-order valence-corrected chi connectivity index (χ0v) is 16.4. The number of primary amides is 1. The summed E-state index contributed by atoms with van der Waals surface area (Å²) in [5.74, 6) is -0.320. The SMILES string of the molecule is N#C/C(=C/c1ccc(OCc2ccc([N+](=O)[O-])cc2)c(I)c1)C(=O)NC(N)=O. The lowest BCUT2D eigenvalue weighted by molar-refractivity contribution is -0.384. The molecule has 3 amide bonds. The highest BCUT2D eigenvalue weighted by atomic mass is 127. The van der Waals surface area contributed by atoms with Gasteiger partial charge >= 0.3 is 6.03 Å². The number of imide groups is 1. The summed E-state index contributed by atoms with van der Waals surface area (Å²) in [6.45, 7) is 0.216. The number of non-ortho nitro benzene ring substituents is 1. The van der Waals surface area contributed by atoms with Gasteiger partial charge in [-0.15, -0.1) is 0 Å². The molecule has 3 N–H and O–H groups in total. The third-order valence-electron chi connectivity index (χ3n) is 3.41. The Hall–Kier alpha value is -3.46. The third-order valence-corrected chi connectivity index (χ3v) is 4.25. The summed E-state index contributed by atoms with van der Waals surface area (Å²) >= 11 is 2.04. The van der Waals surface area contributed by atoms with E-state index in [-0.39, 0.29) is 17.9 Å². The van der Waals surface area contributed by atoms with E-state index < -0.39 is 16.9 Å². The van der Waals surface area contributed by atoms with Gasteiger partial charge < -0.3 is 10.5 Å². The van der Waals surface area contributed by atoms with Gasteiger partial charge in [-0.2, -0.15) is 5.26 Å². The first-order chi connectivity index (χ1) is 13.3. The number of rotatable bonds is 6. The standard InChI is InChI=1S/C18H13IN4O5/c19-15-8-12(7-13(9-20)17(24)22-18(21)25)3-6-16(15)28-10-11-1-4-14(5-2-11)23(26)27/h1-8H,10H2,(H3,21,22,24,25)/b13-7-. The van der Waals surface area contributed by atoms with E-state index in [1.165, 1.54) is 18.2 Å². The van der Waals surface area contributed by atoms with E-state index in [2.05, 4.69) is 0 Å². The number of benzene rings is 2. The molecule has 9 nitrogen and oxygen atoms in total. The van der Waals surface area contributed by atoms with Gasteiger partial charge in [-0.1, -0.05) is 6.07 Å². The zero-order chi connectivity index (χ0) is 20.7. The molecule has 0 spiro atoms. The minimum atomic E-state index is -1.05. The van der Waals surface area contributed by atoms with E-state index in [1.54, 1.807) is 36.4 Å². The van der Waals surface area contributed by atoms with Gasteiger partial charge in [0.25, 0.3) is 11.6 Å². The van der Waals surface area contributed by atoms with Gasteiger partial charge in [-0.3, -0.25) is 20.2 Å². The Morgan fingerprint density at radius 1 is 1.29 bits per heavy atom. The molecule has 0 aromatic heterocycles. The van der Waals surface area contributed by atoms with Crippen molar-refractivity contribution >= 4 is 46.3 Å². The number of halogens is 1. The van der Waals surface area contributed by atoms with Gasteiger partial charge in [0.15, 0.2) is 0 Å². The minimum Gasteiger partial charge on any atom is -0.488 e. The lowest BCUT2D eigenvalue weighted by Gasteiger charge is -2.09. The fraction of sp³-hybridized carbons (Fsp3) is 0.0556. The number of carbonyl (C=O) groups is 2. The van der Waals surface area contributed by atoms with E-state index in [0.717, 1.165) is 9.13 Å². The molecule has 0 aliphatic heterocycles. The second-order valence-corrected chi connectivity index (χ2v) is 6.55. The number of nitrogens with two attached hydrogens (primary N) is 1. The van der Waals surface area contributed by atoms with Crippen LogP contribution >= 0.6 is 22.6 Å². The molecule has 0 saturated heterocycles. The fourth-order valence-electron chi connectivity index (χ4n) is 2.09. The Labute approximate surface area is 173 Å². The van der Waals surface area contributed by atoms with Crippen LogP contribution in [0.5, 0.6) is 5.75 Å². The van der Waals surface area contributed by atoms with E-state index in [9.17, 15) is 19.7 Å². The number of urea groups is 1.